The summed E-state index contributed by atoms with van der Waals surface area (Å²) < 4.78 is 18.4. The van der Waals surface area contributed by atoms with Crippen LogP contribution in [0.5, 0.6) is 0 Å². The minimum Gasteiger partial charge on any atom is -0.467 e. The molecule has 6 heteroatoms. The second-order valence-electron chi connectivity index (χ2n) is 5.19. The van der Waals surface area contributed by atoms with Crippen molar-refractivity contribution in [3.8, 4) is 0 Å². The first kappa shape index (κ1) is 17.0. The molecular formula is C17H22FN3O2. The van der Waals surface area contributed by atoms with Gasteiger partial charge in [-0.15, -0.1) is 0 Å². The van der Waals surface area contributed by atoms with E-state index in [0.717, 1.165) is 5.56 Å². The van der Waals surface area contributed by atoms with Gasteiger partial charge < -0.3 is 20.2 Å². The summed E-state index contributed by atoms with van der Waals surface area (Å²) >= 11 is 0. The minimum absolute atomic E-state index is 0.218. The Balaban J connectivity index is 1.95. The van der Waals surface area contributed by atoms with Gasteiger partial charge in [0, 0.05) is 6.54 Å². The highest BCUT2D eigenvalue weighted by Crippen LogP contribution is 2.12. The van der Waals surface area contributed by atoms with Crippen LogP contribution in [-0.2, 0) is 6.54 Å². The first-order valence-electron chi connectivity index (χ1n) is 7.58. The van der Waals surface area contributed by atoms with E-state index >= 15 is 0 Å². The summed E-state index contributed by atoms with van der Waals surface area (Å²) in [5, 5.41) is 16.2. The summed E-state index contributed by atoms with van der Waals surface area (Å²) in [6, 6.07) is 8.39. The molecule has 1 heterocycles. The third-order valence-electron chi connectivity index (χ3n) is 3.32. The maximum absolute atomic E-state index is 13.3. The molecule has 0 spiro atoms. The highest BCUT2D eigenvalue weighted by molar-refractivity contribution is 5.79. The number of nitrogens with one attached hydrogen (secondary N) is 2. The number of halogens is 1. The molecule has 0 aliphatic heterocycles. The first-order chi connectivity index (χ1) is 11.1. The number of furan rings is 1. The maximum Gasteiger partial charge on any atom is 0.191 e. The lowest BCUT2D eigenvalue weighted by Gasteiger charge is -2.14. The number of aliphatic hydroxyl groups is 1. The van der Waals surface area contributed by atoms with Crippen molar-refractivity contribution >= 4 is 5.96 Å². The van der Waals surface area contributed by atoms with Crippen LogP contribution in [-0.4, -0.2) is 24.2 Å². The molecular weight excluding hydrogens is 297 g/mol. The monoisotopic (exact) mass is 319 g/mol. The minimum atomic E-state index is -0.748. The van der Waals surface area contributed by atoms with Crippen molar-refractivity contribution in [2.75, 3.05) is 13.1 Å². The average molecular weight is 319 g/mol. The van der Waals surface area contributed by atoms with Gasteiger partial charge in [0.1, 0.15) is 17.7 Å². The average Bonchev–Trinajstić information content (AvgIpc) is 3.07. The Labute approximate surface area is 135 Å². The Hall–Kier alpha value is -2.34. The summed E-state index contributed by atoms with van der Waals surface area (Å²) in [6.07, 6.45) is 0.774. The molecule has 1 aromatic heterocycles. The molecule has 0 aliphatic rings. The number of aliphatic hydroxyl groups excluding tert-OH is 1. The second-order valence-corrected chi connectivity index (χ2v) is 5.19. The number of hydrogen-bond donors (Lipinski definition) is 3. The lowest BCUT2D eigenvalue weighted by atomic mass is 10.1. The third-order valence-corrected chi connectivity index (χ3v) is 3.32. The van der Waals surface area contributed by atoms with Crippen molar-refractivity contribution in [3.63, 3.8) is 0 Å². The molecule has 2 rings (SSSR count). The SMILES string of the molecule is CCNC(=NCc1ccc(F)c(C)c1)NCC(O)c1ccco1. The summed E-state index contributed by atoms with van der Waals surface area (Å²) in [5.41, 5.74) is 1.52. The van der Waals surface area contributed by atoms with Crippen molar-refractivity contribution in [2.24, 2.45) is 4.99 Å². The van der Waals surface area contributed by atoms with Gasteiger partial charge in [0.2, 0.25) is 0 Å². The van der Waals surface area contributed by atoms with E-state index in [4.69, 9.17) is 4.42 Å². The predicted octanol–water partition coefficient (Wildman–Crippen LogP) is 2.52. The molecule has 1 unspecified atom stereocenters. The normalized spacial score (nSPS) is 13.0. The van der Waals surface area contributed by atoms with E-state index in [1.54, 1.807) is 31.2 Å². The number of nitrogens with zero attached hydrogens (tertiary/aromatic N) is 1. The van der Waals surface area contributed by atoms with Gasteiger partial charge >= 0.3 is 0 Å². The number of guanidine groups is 1. The lowest BCUT2D eigenvalue weighted by molar-refractivity contribution is 0.153. The topological polar surface area (TPSA) is 69.8 Å². The van der Waals surface area contributed by atoms with Gasteiger partial charge in [0.05, 0.1) is 19.4 Å². The fourth-order valence-corrected chi connectivity index (χ4v) is 2.09. The Morgan fingerprint density at radius 2 is 2.17 bits per heavy atom. The highest BCUT2D eigenvalue weighted by Gasteiger charge is 2.10. The molecule has 0 radical (unpaired) electrons. The van der Waals surface area contributed by atoms with Crippen LogP contribution in [0.1, 0.15) is 29.9 Å². The predicted molar refractivity (Wildman–Crippen MR) is 87.6 cm³/mol. The van der Waals surface area contributed by atoms with Crippen LogP contribution in [0.4, 0.5) is 4.39 Å². The maximum atomic E-state index is 13.3. The van der Waals surface area contributed by atoms with Gasteiger partial charge in [-0.3, -0.25) is 0 Å². The van der Waals surface area contributed by atoms with Crippen LogP contribution in [0.15, 0.2) is 46.0 Å². The smallest absolute Gasteiger partial charge is 0.191 e. The summed E-state index contributed by atoms with van der Waals surface area (Å²) in [6.45, 7) is 5.09. The van der Waals surface area contributed by atoms with Crippen molar-refractivity contribution in [3.05, 3.63) is 59.3 Å². The molecule has 1 aromatic carbocycles. The number of rotatable bonds is 6. The molecule has 0 amide bonds. The van der Waals surface area contributed by atoms with E-state index < -0.39 is 6.10 Å². The molecule has 1 atom stereocenters. The largest absolute Gasteiger partial charge is 0.467 e. The van der Waals surface area contributed by atoms with Gasteiger partial charge in [-0.1, -0.05) is 12.1 Å². The molecule has 0 bridgehead atoms. The van der Waals surface area contributed by atoms with Gasteiger partial charge in [-0.25, -0.2) is 9.38 Å². The highest BCUT2D eigenvalue weighted by atomic mass is 19.1. The zero-order valence-corrected chi connectivity index (χ0v) is 13.3. The van der Waals surface area contributed by atoms with Gasteiger partial charge in [-0.05, 0) is 43.2 Å². The van der Waals surface area contributed by atoms with Crippen LogP contribution in [0.3, 0.4) is 0 Å². The van der Waals surface area contributed by atoms with Crippen molar-refractivity contribution < 1.29 is 13.9 Å². The fraction of sp³-hybridized carbons (Fsp3) is 0.353. The van der Waals surface area contributed by atoms with E-state index in [1.807, 2.05) is 6.92 Å². The fourth-order valence-electron chi connectivity index (χ4n) is 2.09. The van der Waals surface area contributed by atoms with E-state index in [2.05, 4.69) is 15.6 Å². The van der Waals surface area contributed by atoms with Crippen LogP contribution in [0, 0.1) is 12.7 Å². The van der Waals surface area contributed by atoms with Crippen molar-refractivity contribution in [1.82, 2.24) is 10.6 Å². The Kier molecular flexibility index (Phi) is 6.17. The number of benzene rings is 1. The lowest BCUT2D eigenvalue weighted by Crippen LogP contribution is -2.39. The van der Waals surface area contributed by atoms with Crippen LogP contribution >= 0.6 is 0 Å². The molecule has 0 aliphatic carbocycles. The van der Waals surface area contributed by atoms with Gasteiger partial charge in [0.25, 0.3) is 0 Å². The number of hydrogen-bond acceptors (Lipinski definition) is 3. The second kappa shape index (κ2) is 8.33. The van der Waals surface area contributed by atoms with Gasteiger partial charge in [-0.2, -0.15) is 0 Å². The quantitative estimate of drug-likeness (QED) is 0.565. The molecule has 0 saturated heterocycles. The Morgan fingerprint density at radius 1 is 1.35 bits per heavy atom. The molecule has 5 nitrogen and oxygen atoms in total. The third kappa shape index (κ3) is 5.10. The zero-order chi connectivity index (χ0) is 16.7. The summed E-state index contributed by atoms with van der Waals surface area (Å²) in [5.74, 6) is 0.868. The Bertz CT molecular complexity index is 641. The van der Waals surface area contributed by atoms with Gasteiger partial charge in [0.15, 0.2) is 5.96 Å². The number of aryl methyl sites for hydroxylation is 1. The van der Waals surface area contributed by atoms with Crippen LogP contribution in [0.2, 0.25) is 0 Å². The number of aliphatic imine (C=N–C) groups is 1. The van der Waals surface area contributed by atoms with E-state index in [1.165, 1.54) is 12.3 Å². The molecule has 23 heavy (non-hydrogen) atoms. The van der Waals surface area contributed by atoms with Crippen molar-refractivity contribution in [1.29, 1.82) is 0 Å². The zero-order valence-electron chi connectivity index (χ0n) is 13.3. The van der Waals surface area contributed by atoms with Crippen LogP contribution < -0.4 is 10.6 Å². The van der Waals surface area contributed by atoms with Crippen molar-refractivity contribution in [2.45, 2.75) is 26.5 Å². The summed E-state index contributed by atoms with van der Waals surface area (Å²) in [4.78, 5) is 4.44. The van der Waals surface area contributed by atoms with E-state index in [-0.39, 0.29) is 12.4 Å². The molecule has 3 N–H and O–H groups in total. The molecule has 0 saturated carbocycles. The first-order valence-corrected chi connectivity index (χ1v) is 7.58. The Morgan fingerprint density at radius 3 is 2.83 bits per heavy atom. The van der Waals surface area contributed by atoms with Crippen LogP contribution in [0.25, 0.3) is 0 Å². The van der Waals surface area contributed by atoms with E-state index in [0.29, 0.717) is 30.4 Å². The molecule has 0 fully saturated rings. The van der Waals surface area contributed by atoms with E-state index in [9.17, 15) is 9.50 Å². The molecule has 2 aromatic rings. The standard InChI is InChI=1S/C17H22FN3O2/c1-3-19-17(21-11-15(22)16-5-4-8-23-16)20-10-13-6-7-14(18)12(2)9-13/h4-9,15,22H,3,10-11H2,1-2H3,(H2,19,20,21). The summed E-state index contributed by atoms with van der Waals surface area (Å²) in [7, 11) is 0. The molecule has 124 valence electrons.